The summed E-state index contributed by atoms with van der Waals surface area (Å²) >= 11 is 0. The lowest BCUT2D eigenvalue weighted by molar-refractivity contribution is -0.132. The number of hydrogen-bond acceptors (Lipinski definition) is 4. The zero-order valence-electron chi connectivity index (χ0n) is 17.4. The zero-order chi connectivity index (χ0) is 20.8. The van der Waals surface area contributed by atoms with Gasteiger partial charge in [0.15, 0.2) is 0 Å². The van der Waals surface area contributed by atoms with Crippen LogP contribution in [0.5, 0.6) is 5.75 Å². The maximum atomic E-state index is 12.6. The average Bonchev–Trinajstić information content (AvgIpc) is 3.27. The number of rotatable bonds is 7. The van der Waals surface area contributed by atoms with Crippen LogP contribution >= 0.6 is 0 Å². The van der Waals surface area contributed by atoms with Gasteiger partial charge in [-0.05, 0) is 55.0 Å². The van der Waals surface area contributed by atoms with Crippen LogP contribution in [0.3, 0.4) is 0 Å². The number of amides is 1. The van der Waals surface area contributed by atoms with Gasteiger partial charge in [-0.2, -0.15) is 0 Å². The lowest BCUT2D eigenvalue weighted by atomic mass is 9.93. The van der Waals surface area contributed by atoms with Crippen LogP contribution in [0.2, 0.25) is 0 Å². The summed E-state index contributed by atoms with van der Waals surface area (Å²) in [4.78, 5) is 14.6. The Bertz CT molecular complexity index is 945. The number of carbonyl (C=O) groups excluding carboxylic acids is 1. The highest BCUT2D eigenvalue weighted by Gasteiger charge is 2.24. The van der Waals surface area contributed by atoms with E-state index in [1.807, 2.05) is 47.4 Å². The fourth-order valence-electron chi connectivity index (χ4n) is 4.05. The molecule has 6 heteroatoms. The summed E-state index contributed by atoms with van der Waals surface area (Å²) in [6.07, 6.45) is 6.01. The van der Waals surface area contributed by atoms with E-state index in [9.17, 15) is 4.79 Å². The van der Waals surface area contributed by atoms with Crippen LogP contribution in [-0.4, -0.2) is 45.8 Å². The van der Waals surface area contributed by atoms with E-state index in [-0.39, 0.29) is 5.91 Å². The number of piperidine rings is 1. The third-order valence-corrected chi connectivity index (χ3v) is 5.88. The van der Waals surface area contributed by atoms with Gasteiger partial charge >= 0.3 is 0 Å². The van der Waals surface area contributed by atoms with E-state index in [1.165, 1.54) is 5.56 Å². The van der Waals surface area contributed by atoms with Gasteiger partial charge in [0.05, 0.1) is 7.11 Å². The monoisotopic (exact) mass is 404 g/mol. The van der Waals surface area contributed by atoms with Gasteiger partial charge in [-0.15, -0.1) is 10.2 Å². The number of ether oxygens (including phenoxy) is 1. The Kier molecular flexibility index (Phi) is 6.42. The van der Waals surface area contributed by atoms with E-state index in [1.54, 1.807) is 13.4 Å². The molecule has 0 saturated carbocycles. The fourth-order valence-corrected chi connectivity index (χ4v) is 4.05. The van der Waals surface area contributed by atoms with E-state index in [0.717, 1.165) is 56.0 Å². The van der Waals surface area contributed by atoms with Crippen LogP contribution in [0.1, 0.15) is 30.7 Å². The topological polar surface area (TPSA) is 60.2 Å². The molecule has 3 aromatic rings. The molecule has 0 aliphatic carbocycles. The van der Waals surface area contributed by atoms with E-state index in [2.05, 4.69) is 26.9 Å². The fraction of sp³-hybridized carbons (Fsp3) is 0.375. The minimum atomic E-state index is 0.247. The van der Waals surface area contributed by atoms with Gasteiger partial charge in [-0.25, -0.2) is 0 Å². The third kappa shape index (κ3) is 4.87. The first-order valence-corrected chi connectivity index (χ1v) is 10.6. The van der Waals surface area contributed by atoms with Crippen molar-refractivity contribution in [3.05, 3.63) is 72.3 Å². The third-order valence-electron chi connectivity index (χ3n) is 5.88. The molecule has 0 bridgehead atoms. The lowest BCUT2D eigenvalue weighted by Gasteiger charge is -2.32. The molecule has 0 N–H and O–H groups in total. The Labute approximate surface area is 177 Å². The molecule has 4 rings (SSSR count). The van der Waals surface area contributed by atoms with Crippen LogP contribution in [0.4, 0.5) is 0 Å². The molecule has 1 aliphatic rings. The van der Waals surface area contributed by atoms with E-state index in [0.29, 0.717) is 12.3 Å². The number of para-hydroxylation sites is 1. The van der Waals surface area contributed by atoms with Crippen LogP contribution in [0.25, 0.3) is 5.69 Å². The normalized spacial score (nSPS) is 14.6. The highest BCUT2D eigenvalue weighted by molar-refractivity contribution is 5.76. The number of likely N-dealkylation sites (tertiary alicyclic amines) is 1. The number of aromatic nitrogens is 3. The van der Waals surface area contributed by atoms with Crippen LogP contribution < -0.4 is 4.74 Å². The van der Waals surface area contributed by atoms with Crippen molar-refractivity contribution in [3.63, 3.8) is 0 Å². The van der Waals surface area contributed by atoms with Gasteiger partial charge in [-0.3, -0.25) is 9.36 Å². The van der Waals surface area contributed by atoms with Crippen molar-refractivity contribution in [3.8, 4) is 11.4 Å². The molecule has 1 fully saturated rings. The van der Waals surface area contributed by atoms with Crippen molar-refractivity contribution in [2.75, 3.05) is 20.2 Å². The standard InChI is InChI=1S/C24H28N4O2/c1-30-22-10-7-19(8-11-22)9-12-24(29)27-15-13-20(14-16-27)17-23-26-25-18-28(23)21-5-3-2-4-6-21/h2-8,10-11,18,20H,9,12-17H2,1H3. The molecule has 0 atom stereocenters. The second-order valence-electron chi connectivity index (χ2n) is 7.83. The van der Waals surface area contributed by atoms with Gasteiger partial charge in [0.25, 0.3) is 0 Å². The van der Waals surface area contributed by atoms with Crippen molar-refractivity contribution < 1.29 is 9.53 Å². The zero-order valence-corrected chi connectivity index (χ0v) is 17.4. The second-order valence-corrected chi connectivity index (χ2v) is 7.83. The van der Waals surface area contributed by atoms with E-state index in [4.69, 9.17) is 4.74 Å². The molecule has 0 unspecified atom stereocenters. The Morgan fingerprint density at radius 1 is 1.07 bits per heavy atom. The second kappa shape index (κ2) is 9.57. The Morgan fingerprint density at radius 3 is 2.50 bits per heavy atom. The predicted octanol–water partition coefficient (Wildman–Crippen LogP) is 3.69. The first kappa shape index (κ1) is 20.1. The summed E-state index contributed by atoms with van der Waals surface area (Å²) < 4.78 is 7.25. The largest absolute Gasteiger partial charge is 0.497 e. The van der Waals surface area contributed by atoms with E-state index >= 15 is 0 Å². The number of aryl methyl sites for hydroxylation is 1. The number of methoxy groups -OCH3 is 1. The van der Waals surface area contributed by atoms with Crippen molar-refractivity contribution in [1.29, 1.82) is 0 Å². The SMILES string of the molecule is COc1ccc(CCC(=O)N2CCC(Cc3nncn3-c3ccccc3)CC2)cc1. The molecular formula is C24H28N4O2. The van der Waals surface area contributed by atoms with Crippen LogP contribution in [0.15, 0.2) is 60.9 Å². The molecule has 1 amide bonds. The summed E-state index contributed by atoms with van der Waals surface area (Å²) in [6.45, 7) is 1.65. The minimum absolute atomic E-state index is 0.247. The Morgan fingerprint density at radius 2 is 1.80 bits per heavy atom. The van der Waals surface area contributed by atoms with Gasteiger partial charge < -0.3 is 9.64 Å². The molecule has 2 aromatic carbocycles. The first-order valence-electron chi connectivity index (χ1n) is 10.6. The molecule has 30 heavy (non-hydrogen) atoms. The Hall–Kier alpha value is -3.15. The summed E-state index contributed by atoms with van der Waals surface area (Å²) in [5, 5.41) is 8.45. The molecule has 0 spiro atoms. The predicted molar refractivity (Wildman–Crippen MR) is 116 cm³/mol. The summed E-state index contributed by atoms with van der Waals surface area (Å²) in [5.41, 5.74) is 2.25. The Balaban J connectivity index is 1.26. The lowest BCUT2D eigenvalue weighted by Crippen LogP contribution is -2.39. The summed E-state index contributed by atoms with van der Waals surface area (Å²) in [7, 11) is 1.66. The average molecular weight is 405 g/mol. The minimum Gasteiger partial charge on any atom is -0.497 e. The molecule has 156 valence electrons. The van der Waals surface area contributed by atoms with Gasteiger partial charge in [0.2, 0.25) is 5.91 Å². The molecule has 2 heterocycles. The van der Waals surface area contributed by atoms with Crippen LogP contribution in [0, 0.1) is 5.92 Å². The molecule has 6 nitrogen and oxygen atoms in total. The van der Waals surface area contributed by atoms with Crippen molar-refractivity contribution in [2.24, 2.45) is 5.92 Å². The highest BCUT2D eigenvalue weighted by Crippen LogP contribution is 2.23. The molecule has 1 saturated heterocycles. The molecule has 1 aliphatic heterocycles. The smallest absolute Gasteiger partial charge is 0.222 e. The summed E-state index contributed by atoms with van der Waals surface area (Å²) in [6, 6.07) is 18.1. The van der Waals surface area contributed by atoms with Crippen LogP contribution in [-0.2, 0) is 17.6 Å². The number of nitrogens with zero attached hydrogens (tertiary/aromatic N) is 4. The van der Waals surface area contributed by atoms with Gasteiger partial charge in [0.1, 0.15) is 17.9 Å². The number of carbonyl (C=O) groups is 1. The van der Waals surface area contributed by atoms with Crippen molar-refractivity contribution in [1.82, 2.24) is 19.7 Å². The van der Waals surface area contributed by atoms with Gasteiger partial charge in [0, 0.05) is 31.6 Å². The van der Waals surface area contributed by atoms with Crippen molar-refractivity contribution >= 4 is 5.91 Å². The molecule has 0 radical (unpaired) electrons. The molecular weight excluding hydrogens is 376 g/mol. The first-order chi connectivity index (χ1) is 14.7. The van der Waals surface area contributed by atoms with E-state index < -0.39 is 0 Å². The quantitative estimate of drug-likeness (QED) is 0.603. The number of benzene rings is 2. The summed E-state index contributed by atoms with van der Waals surface area (Å²) in [5.74, 6) is 2.61. The maximum absolute atomic E-state index is 12.6. The number of hydrogen-bond donors (Lipinski definition) is 0. The maximum Gasteiger partial charge on any atom is 0.222 e. The van der Waals surface area contributed by atoms with Crippen molar-refractivity contribution in [2.45, 2.75) is 32.1 Å². The molecule has 1 aromatic heterocycles. The van der Waals surface area contributed by atoms with Gasteiger partial charge in [-0.1, -0.05) is 30.3 Å². The highest BCUT2D eigenvalue weighted by atomic mass is 16.5.